The molecule has 1 rings (SSSR count). The van der Waals surface area contributed by atoms with Gasteiger partial charge in [-0.3, -0.25) is 19.2 Å². The molecule has 1 aliphatic heterocycles. The fourth-order valence-electron chi connectivity index (χ4n) is 3.20. The van der Waals surface area contributed by atoms with Gasteiger partial charge in [0.2, 0.25) is 17.7 Å². The number of hydrogen-bond acceptors (Lipinski definition) is 6. The maximum atomic E-state index is 12.1. The Balaban J connectivity index is 0.00000116. The van der Waals surface area contributed by atoms with Gasteiger partial charge in [0.15, 0.2) is 0 Å². The summed E-state index contributed by atoms with van der Waals surface area (Å²) in [6, 6.07) is -0.798. The van der Waals surface area contributed by atoms with Crippen LogP contribution in [0.2, 0.25) is 0 Å². The van der Waals surface area contributed by atoms with Gasteiger partial charge >= 0.3 is 5.97 Å². The summed E-state index contributed by atoms with van der Waals surface area (Å²) in [4.78, 5) is 55.3. The minimum Gasteiger partial charge on any atom is -0.481 e. The van der Waals surface area contributed by atoms with Gasteiger partial charge in [-0.2, -0.15) is 0 Å². The Bertz CT molecular complexity index is 694. The van der Waals surface area contributed by atoms with E-state index in [-0.39, 0.29) is 42.4 Å². The third-order valence-corrected chi connectivity index (χ3v) is 5.32. The molecule has 0 aromatic heterocycles. The van der Waals surface area contributed by atoms with Crippen LogP contribution in [-0.2, 0) is 24.0 Å². The number of piperazine rings is 1. The molecule has 0 spiro atoms. The number of nitrogens with one attached hydrogen (secondary N) is 4. The number of allylic oxidation sites excluding steroid dienone is 2. The summed E-state index contributed by atoms with van der Waals surface area (Å²) >= 11 is 0. The second kappa shape index (κ2) is 18.5. The molecule has 0 aromatic carbocycles. The van der Waals surface area contributed by atoms with Crippen LogP contribution in [0, 0.1) is 0 Å². The predicted octanol–water partition coefficient (Wildman–Crippen LogP) is 1.79. The number of ketones is 1. The molecule has 2 unspecified atom stereocenters. The first kappa shape index (κ1) is 31.1. The zero-order valence-electron chi connectivity index (χ0n) is 21.0. The fourth-order valence-corrected chi connectivity index (χ4v) is 3.20. The predicted molar refractivity (Wildman–Crippen MR) is 130 cm³/mol. The van der Waals surface area contributed by atoms with E-state index in [1.807, 2.05) is 13.0 Å². The highest BCUT2D eigenvalue weighted by Gasteiger charge is 2.32. The Morgan fingerprint density at radius 2 is 1.53 bits per heavy atom. The summed E-state index contributed by atoms with van der Waals surface area (Å²) in [5, 5.41) is 19.6. The third-order valence-electron chi connectivity index (χ3n) is 5.32. The first-order valence-corrected chi connectivity index (χ1v) is 12.1. The number of rotatable bonds is 15. The van der Waals surface area contributed by atoms with Crippen molar-refractivity contribution in [2.45, 2.75) is 97.1 Å². The van der Waals surface area contributed by atoms with Crippen LogP contribution in [0.25, 0.3) is 0 Å². The van der Waals surface area contributed by atoms with Gasteiger partial charge in [0.05, 0.1) is 6.42 Å². The van der Waals surface area contributed by atoms with Gasteiger partial charge in [-0.25, -0.2) is 0 Å². The number of carboxylic acids is 1. The molecule has 1 aliphatic rings. The van der Waals surface area contributed by atoms with Crippen molar-refractivity contribution < 1.29 is 29.1 Å². The second-order valence-corrected chi connectivity index (χ2v) is 8.27. The first-order valence-electron chi connectivity index (χ1n) is 12.1. The van der Waals surface area contributed by atoms with Gasteiger partial charge in [-0.1, -0.05) is 25.8 Å². The molecule has 0 bridgehead atoms. The number of hydrogen-bond donors (Lipinski definition) is 5. The van der Waals surface area contributed by atoms with Crippen LogP contribution < -0.4 is 21.3 Å². The zero-order valence-corrected chi connectivity index (χ0v) is 21.0. The highest BCUT2D eigenvalue weighted by Crippen LogP contribution is 2.10. The van der Waals surface area contributed by atoms with Crippen molar-refractivity contribution in [3.05, 3.63) is 11.8 Å². The molecule has 1 fully saturated rings. The molecular weight excluding hydrogens is 440 g/mol. The summed E-state index contributed by atoms with van der Waals surface area (Å²) < 4.78 is 0. The van der Waals surface area contributed by atoms with Crippen LogP contribution in [0.1, 0.15) is 85.0 Å². The number of carbonyl (C=O) groups excluding carboxylic acids is 4. The van der Waals surface area contributed by atoms with Crippen molar-refractivity contribution in [1.29, 1.82) is 0 Å². The number of amides is 3. The Labute approximate surface area is 202 Å². The Kier molecular flexibility index (Phi) is 16.9. The first-order chi connectivity index (χ1) is 16.1. The average Bonchev–Trinajstić information content (AvgIpc) is 2.80. The van der Waals surface area contributed by atoms with Crippen LogP contribution in [0.3, 0.4) is 0 Å². The molecule has 2 atom stereocenters. The van der Waals surface area contributed by atoms with Gasteiger partial charge in [-0.05, 0) is 46.0 Å². The van der Waals surface area contributed by atoms with Gasteiger partial charge in [0, 0.05) is 32.1 Å². The largest absolute Gasteiger partial charge is 0.481 e. The SMILES string of the molecule is C/C=C(\CCC(=O)NC)NCCCCC1NC(=O)C(CCCC)NC1=O.CC(=O)CCC(=O)O. The average molecular weight is 483 g/mol. The third kappa shape index (κ3) is 15.0. The molecule has 3 amide bonds. The van der Waals surface area contributed by atoms with Crippen LogP contribution in [-0.4, -0.2) is 60.3 Å². The van der Waals surface area contributed by atoms with Crippen LogP contribution in [0.15, 0.2) is 11.8 Å². The van der Waals surface area contributed by atoms with Gasteiger partial charge in [0.1, 0.15) is 17.9 Å². The quantitative estimate of drug-likeness (QED) is 0.223. The molecule has 34 heavy (non-hydrogen) atoms. The van der Waals surface area contributed by atoms with E-state index in [9.17, 15) is 24.0 Å². The van der Waals surface area contributed by atoms with E-state index in [1.54, 1.807) is 7.05 Å². The van der Waals surface area contributed by atoms with Gasteiger partial charge < -0.3 is 31.2 Å². The number of Topliss-reactive ketones (excluding diaryl/α,β-unsaturated/α-hetero) is 1. The lowest BCUT2D eigenvalue weighted by Crippen LogP contribution is -2.61. The van der Waals surface area contributed by atoms with Crippen molar-refractivity contribution in [3.63, 3.8) is 0 Å². The van der Waals surface area contributed by atoms with E-state index < -0.39 is 12.0 Å². The van der Waals surface area contributed by atoms with Gasteiger partial charge in [0.25, 0.3) is 0 Å². The minimum absolute atomic E-state index is 0.0300. The zero-order chi connectivity index (χ0) is 25.9. The molecule has 1 heterocycles. The highest BCUT2D eigenvalue weighted by molar-refractivity contribution is 5.96. The molecule has 0 aliphatic carbocycles. The maximum absolute atomic E-state index is 12.1. The van der Waals surface area contributed by atoms with E-state index in [1.165, 1.54) is 6.92 Å². The topological polar surface area (TPSA) is 154 Å². The fraction of sp³-hybridized carbons (Fsp3) is 0.708. The molecule has 0 saturated carbocycles. The molecule has 0 radical (unpaired) electrons. The maximum Gasteiger partial charge on any atom is 0.303 e. The van der Waals surface area contributed by atoms with E-state index in [2.05, 4.69) is 28.2 Å². The Morgan fingerprint density at radius 3 is 1.97 bits per heavy atom. The number of carboxylic acid groups (broad SMARTS) is 1. The molecule has 1 saturated heterocycles. The number of carbonyl (C=O) groups is 5. The Hall–Kier alpha value is -2.91. The summed E-state index contributed by atoms with van der Waals surface area (Å²) in [6.07, 6.45) is 8.27. The number of unbranched alkanes of at least 4 members (excludes halogenated alkanes) is 2. The van der Waals surface area contributed by atoms with Gasteiger partial charge in [-0.15, -0.1) is 0 Å². The standard InChI is InChI=1S/C19H34N4O3.C5H8O3/c1-4-6-9-15-18(25)23-16(19(26)22-15)10-7-8-13-21-14(5-2)11-12-17(24)20-3;1-4(6)2-3-5(7)8/h5,15-16,21H,4,6-13H2,1-3H3,(H,20,24)(H,22,26)(H,23,25);2-3H2,1H3,(H,7,8)/b14-5+;. The summed E-state index contributed by atoms with van der Waals surface area (Å²) in [5.74, 6) is -1.10. The molecule has 10 heteroatoms. The smallest absolute Gasteiger partial charge is 0.303 e. The summed E-state index contributed by atoms with van der Waals surface area (Å²) in [6.45, 7) is 6.18. The van der Waals surface area contributed by atoms with Crippen molar-refractivity contribution in [3.8, 4) is 0 Å². The lowest BCUT2D eigenvalue weighted by molar-refractivity contribution is -0.138. The second-order valence-electron chi connectivity index (χ2n) is 8.27. The molecule has 10 nitrogen and oxygen atoms in total. The van der Waals surface area contributed by atoms with Crippen molar-refractivity contribution in [1.82, 2.24) is 21.3 Å². The lowest BCUT2D eigenvalue weighted by Gasteiger charge is -2.29. The van der Waals surface area contributed by atoms with E-state index >= 15 is 0 Å². The molecule has 0 aromatic rings. The van der Waals surface area contributed by atoms with Crippen molar-refractivity contribution in [2.75, 3.05) is 13.6 Å². The molecule has 5 N–H and O–H groups in total. The normalized spacial score (nSPS) is 17.6. The van der Waals surface area contributed by atoms with E-state index in [4.69, 9.17) is 5.11 Å². The highest BCUT2D eigenvalue weighted by atomic mass is 16.4. The minimum atomic E-state index is -0.916. The van der Waals surface area contributed by atoms with Crippen molar-refractivity contribution in [2.24, 2.45) is 0 Å². The van der Waals surface area contributed by atoms with Crippen LogP contribution in [0.4, 0.5) is 0 Å². The number of aliphatic carboxylic acids is 1. The van der Waals surface area contributed by atoms with Crippen LogP contribution in [0.5, 0.6) is 0 Å². The monoisotopic (exact) mass is 482 g/mol. The van der Waals surface area contributed by atoms with Crippen LogP contribution >= 0.6 is 0 Å². The summed E-state index contributed by atoms with van der Waals surface area (Å²) in [7, 11) is 1.64. The molecule has 194 valence electrons. The Morgan fingerprint density at radius 1 is 0.941 bits per heavy atom. The van der Waals surface area contributed by atoms with E-state index in [0.29, 0.717) is 25.7 Å². The summed E-state index contributed by atoms with van der Waals surface area (Å²) in [5.41, 5.74) is 1.05. The molecular formula is C24H42N4O6. The van der Waals surface area contributed by atoms with Crippen molar-refractivity contribution >= 4 is 29.5 Å². The lowest BCUT2D eigenvalue weighted by atomic mass is 10.0. The van der Waals surface area contributed by atoms with E-state index in [0.717, 1.165) is 37.9 Å².